The molecule has 0 unspecified atom stereocenters. The van der Waals surface area contributed by atoms with Crippen molar-refractivity contribution in [2.24, 2.45) is 0 Å². The summed E-state index contributed by atoms with van der Waals surface area (Å²) in [6.45, 7) is 5.37. The lowest BCUT2D eigenvalue weighted by Crippen LogP contribution is -2.39. The molecule has 0 aliphatic carbocycles. The Bertz CT molecular complexity index is 710. The van der Waals surface area contributed by atoms with E-state index in [0.717, 1.165) is 29.8 Å². The van der Waals surface area contributed by atoms with Gasteiger partial charge in [0, 0.05) is 38.3 Å². The Morgan fingerprint density at radius 1 is 1.43 bits per heavy atom. The van der Waals surface area contributed by atoms with Gasteiger partial charge < -0.3 is 9.47 Å². The average Bonchev–Trinajstić information content (AvgIpc) is 3.01. The molecule has 1 aliphatic rings. The van der Waals surface area contributed by atoms with Crippen LogP contribution >= 0.6 is 0 Å². The summed E-state index contributed by atoms with van der Waals surface area (Å²) in [5.41, 5.74) is 2.08. The Labute approximate surface area is 135 Å². The molecule has 1 aromatic carbocycles. The van der Waals surface area contributed by atoms with Gasteiger partial charge in [-0.1, -0.05) is 13.0 Å². The zero-order chi connectivity index (χ0) is 16.4. The fourth-order valence-electron chi connectivity index (χ4n) is 3.34. The molecule has 1 aliphatic heterocycles. The van der Waals surface area contributed by atoms with E-state index in [1.54, 1.807) is 12.3 Å². The van der Waals surface area contributed by atoms with Crippen LogP contribution in [0.3, 0.4) is 0 Å². The molecule has 0 fully saturated rings. The molecule has 2 heterocycles. The first-order chi connectivity index (χ1) is 11.1. The van der Waals surface area contributed by atoms with Crippen molar-refractivity contribution in [1.29, 1.82) is 0 Å². The first-order valence-electron chi connectivity index (χ1n) is 8.18. The Morgan fingerprint density at radius 2 is 2.26 bits per heavy atom. The number of benzene rings is 1. The maximum Gasteiger partial charge on any atom is 0.224 e. The van der Waals surface area contributed by atoms with E-state index in [1.807, 2.05) is 28.7 Å². The second-order valence-corrected chi connectivity index (χ2v) is 6.00. The molecule has 3 rings (SSSR count). The molecule has 0 radical (unpaired) electrons. The number of halogens is 1. The Kier molecular flexibility index (Phi) is 4.46. The van der Waals surface area contributed by atoms with Gasteiger partial charge in [-0.3, -0.25) is 4.79 Å². The van der Waals surface area contributed by atoms with Crippen LogP contribution in [0.15, 0.2) is 30.6 Å². The van der Waals surface area contributed by atoms with E-state index in [-0.39, 0.29) is 17.8 Å². The van der Waals surface area contributed by atoms with Gasteiger partial charge in [-0.25, -0.2) is 9.37 Å². The molecular weight excluding hydrogens is 293 g/mol. The minimum Gasteiger partial charge on any atom is -0.336 e. The molecule has 0 saturated heterocycles. The van der Waals surface area contributed by atoms with E-state index in [1.165, 1.54) is 6.07 Å². The van der Waals surface area contributed by atoms with Gasteiger partial charge in [0.2, 0.25) is 5.91 Å². The SMILES string of the molecule is CCc1nccn1CCC(=O)N1CCc2ccc(F)cc2[C@@H]1C. The van der Waals surface area contributed by atoms with Crippen molar-refractivity contribution in [3.8, 4) is 0 Å². The van der Waals surface area contributed by atoms with Gasteiger partial charge in [-0.15, -0.1) is 0 Å². The van der Waals surface area contributed by atoms with E-state index in [2.05, 4.69) is 11.9 Å². The van der Waals surface area contributed by atoms with E-state index in [0.29, 0.717) is 19.5 Å². The Hall–Kier alpha value is -2.17. The predicted molar refractivity (Wildman–Crippen MR) is 86.5 cm³/mol. The van der Waals surface area contributed by atoms with Crippen molar-refractivity contribution in [2.45, 2.75) is 45.7 Å². The van der Waals surface area contributed by atoms with Gasteiger partial charge in [0.05, 0.1) is 6.04 Å². The number of imidazole rings is 1. The van der Waals surface area contributed by atoms with Crippen LogP contribution < -0.4 is 0 Å². The van der Waals surface area contributed by atoms with Crippen LogP contribution in [0.25, 0.3) is 0 Å². The lowest BCUT2D eigenvalue weighted by molar-refractivity contribution is -0.134. The highest BCUT2D eigenvalue weighted by Crippen LogP contribution is 2.30. The highest BCUT2D eigenvalue weighted by molar-refractivity contribution is 5.77. The predicted octanol–water partition coefficient (Wildman–Crippen LogP) is 3.12. The van der Waals surface area contributed by atoms with E-state index < -0.39 is 0 Å². The summed E-state index contributed by atoms with van der Waals surface area (Å²) in [5, 5.41) is 0. The van der Waals surface area contributed by atoms with Gasteiger partial charge in [0.1, 0.15) is 11.6 Å². The number of hydrogen-bond donors (Lipinski definition) is 0. The normalized spacial score (nSPS) is 17.2. The highest BCUT2D eigenvalue weighted by atomic mass is 19.1. The summed E-state index contributed by atoms with van der Waals surface area (Å²) in [6.07, 6.45) is 5.77. The standard InChI is InChI=1S/C18H22FN3O/c1-3-17-20-8-11-21(17)9-7-18(23)22-10-6-14-4-5-15(19)12-16(14)13(22)2/h4-5,8,11-13H,3,6-7,9-10H2,1-2H3/t13-/m0/s1. The van der Waals surface area contributed by atoms with Crippen molar-refractivity contribution in [3.05, 3.63) is 53.4 Å². The molecule has 0 N–H and O–H groups in total. The maximum atomic E-state index is 13.5. The second kappa shape index (κ2) is 6.52. The van der Waals surface area contributed by atoms with Crippen LogP contribution in [0.4, 0.5) is 4.39 Å². The zero-order valence-electron chi connectivity index (χ0n) is 13.6. The number of rotatable bonds is 4. The molecule has 0 bridgehead atoms. The number of aromatic nitrogens is 2. The number of aryl methyl sites for hydroxylation is 2. The van der Waals surface area contributed by atoms with Gasteiger partial charge in [-0.2, -0.15) is 0 Å². The quantitative estimate of drug-likeness (QED) is 0.869. The summed E-state index contributed by atoms with van der Waals surface area (Å²) in [6, 6.07) is 4.82. The Balaban J connectivity index is 1.69. The maximum absolute atomic E-state index is 13.5. The average molecular weight is 315 g/mol. The number of amides is 1. The smallest absolute Gasteiger partial charge is 0.224 e. The number of carbonyl (C=O) groups excluding carboxylic acids is 1. The lowest BCUT2D eigenvalue weighted by atomic mass is 9.93. The molecule has 0 spiro atoms. The number of nitrogens with zero attached hydrogens (tertiary/aromatic N) is 3. The molecule has 5 heteroatoms. The number of hydrogen-bond acceptors (Lipinski definition) is 2. The largest absolute Gasteiger partial charge is 0.336 e. The van der Waals surface area contributed by atoms with Crippen molar-refractivity contribution in [3.63, 3.8) is 0 Å². The third-order valence-electron chi connectivity index (χ3n) is 4.65. The topological polar surface area (TPSA) is 38.1 Å². The van der Waals surface area contributed by atoms with Crippen molar-refractivity contribution >= 4 is 5.91 Å². The fraction of sp³-hybridized carbons (Fsp3) is 0.444. The first kappa shape index (κ1) is 15.7. The van der Waals surface area contributed by atoms with E-state index in [9.17, 15) is 9.18 Å². The lowest BCUT2D eigenvalue weighted by Gasteiger charge is -2.35. The van der Waals surface area contributed by atoms with Crippen molar-refractivity contribution in [2.75, 3.05) is 6.54 Å². The summed E-state index contributed by atoms with van der Waals surface area (Å²) in [7, 11) is 0. The summed E-state index contributed by atoms with van der Waals surface area (Å²) >= 11 is 0. The van der Waals surface area contributed by atoms with Crippen LogP contribution in [-0.4, -0.2) is 26.9 Å². The molecule has 1 amide bonds. The third-order valence-corrected chi connectivity index (χ3v) is 4.65. The van der Waals surface area contributed by atoms with Gasteiger partial charge >= 0.3 is 0 Å². The zero-order valence-corrected chi connectivity index (χ0v) is 13.6. The molecular formula is C18H22FN3O. The second-order valence-electron chi connectivity index (χ2n) is 6.00. The molecule has 122 valence electrons. The van der Waals surface area contributed by atoms with Crippen molar-refractivity contribution < 1.29 is 9.18 Å². The van der Waals surface area contributed by atoms with Crippen molar-refractivity contribution in [1.82, 2.24) is 14.5 Å². The van der Waals surface area contributed by atoms with Gasteiger partial charge in [-0.05, 0) is 36.6 Å². The highest BCUT2D eigenvalue weighted by Gasteiger charge is 2.27. The molecule has 2 aromatic rings. The molecule has 1 atom stereocenters. The van der Waals surface area contributed by atoms with Gasteiger partial charge in [0.25, 0.3) is 0 Å². The molecule has 0 saturated carbocycles. The number of carbonyl (C=O) groups is 1. The van der Waals surface area contributed by atoms with Crippen LogP contribution in [0.2, 0.25) is 0 Å². The molecule has 4 nitrogen and oxygen atoms in total. The summed E-state index contributed by atoms with van der Waals surface area (Å²) < 4.78 is 15.5. The number of fused-ring (bicyclic) bond motifs is 1. The van der Waals surface area contributed by atoms with Gasteiger partial charge in [0.15, 0.2) is 0 Å². The summed E-state index contributed by atoms with van der Waals surface area (Å²) in [4.78, 5) is 18.7. The Morgan fingerprint density at radius 3 is 3.04 bits per heavy atom. The first-order valence-corrected chi connectivity index (χ1v) is 8.18. The van der Waals surface area contributed by atoms with Crippen LogP contribution in [-0.2, 0) is 24.2 Å². The molecule has 23 heavy (non-hydrogen) atoms. The van der Waals surface area contributed by atoms with E-state index in [4.69, 9.17) is 0 Å². The van der Waals surface area contributed by atoms with E-state index >= 15 is 0 Å². The third kappa shape index (κ3) is 3.14. The monoisotopic (exact) mass is 315 g/mol. The van der Waals surface area contributed by atoms with Crippen LogP contribution in [0.5, 0.6) is 0 Å². The minimum atomic E-state index is -0.240. The van der Waals surface area contributed by atoms with Crippen LogP contribution in [0.1, 0.15) is 43.3 Å². The molecule has 1 aromatic heterocycles. The van der Waals surface area contributed by atoms with Crippen LogP contribution in [0, 0.1) is 5.82 Å². The summed E-state index contributed by atoms with van der Waals surface area (Å²) in [5.74, 6) is 0.871. The minimum absolute atomic E-state index is 0.0737. The fourth-order valence-corrected chi connectivity index (χ4v) is 3.34.